The first-order chi connectivity index (χ1) is 12.9. The summed E-state index contributed by atoms with van der Waals surface area (Å²) >= 11 is 0. The highest BCUT2D eigenvalue weighted by Gasteiger charge is 2.20. The van der Waals surface area contributed by atoms with E-state index in [9.17, 15) is 19.8 Å². The summed E-state index contributed by atoms with van der Waals surface area (Å²) in [5.41, 5.74) is 0. The first kappa shape index (κ1) is 25.9. The average molecular weight is 389 g/mol. The van der Waals surface area contributed by atoms with Crippen molar-refractivity contribution in [1.82, 2.24) is 0 Å². The van der Waals surface area contributed by atoms with Gasteiger partial charge in [-0.05, 0) is 51.4 Å². The van der Waals surface area contributed by atoms with Crippen LogP contribution < -0.4 is 0 Å². The second-order valence-corrected chi connectivity index (χ2v) is 7.18. The van der Waals surface area contributed by atoms with E-state index in [1.807, 2.05) is 27.7 Å². The molecule has 0 aliphatic rings. The van der Waals surface area contributed by atoms with E-state index in [0.29, 0.717) is 57.8 Å². The van der Waals surface area contributed by atoms with Crippen molar-refractivity contribution >= 4 is 11.9 Å². The minimum absolute atomic E-state index is 0.191. The molecule has 0 heterocycles. The van der Waals surface area contributed by atoms with E-state index in [4.69, 9.17) is 9.47 Å². The molecule has 0 radical (unpaired) electrons. The molecule has 0 aromatic carbocycles. The molecule has 0 amide bonds. The van der Waals surface area contributed by atoms with Gasteiger partial charge in [-0.2, -0.15) is 0 Å². The van der Waals surface area contributed by atoms with Crippen LogP contribution in [0.2, 0.25) is 0 Å². The average Bonchev–Trinajstić information content (AvgIpc) is 2.67. The predicted octanol–water partition coefficient (Wildman–Crippen LogP) is 3.62. The Balaban J connectivity index is 4.01. The highest BCUT2D eigenvalue weighted by atomic mass is 16.5. The van der Waals surface area contributed by atoms with Gasteiger partial charge in [-0.15, -0.1) is 0 Å². The van der Waals surface area contributed by atoms with Crippen molar-refractivity contribution in [2.75, 3.05) is 13.2 Å². The minimum atomic E-state index is -0.365. The number of aliphatic hydroxyl groups excluding tert-OH is 2. The first-order valence-electron chi connectivity index (χ1n) is 10.6. The van der Waals surface area contributed by atoms with Gasteiger partial charge in [0.2, 0.25) is 0 Å². The molecule has 0 saturated heterocycles. The van der Waals surface area contributed by atoms with Crippen LogP contribution >= 0.6 is 0 Å². The van der Waals surface area contributed by atoms with Gasteiger partial charge in [-0.3, -0.25) is 9.59 Å². The molecule has 160 valence electrons. The summed E-state index contributed by atoms with van der Waals surface area (Å²) < 4.78 is 10.6. The number of carbonyl (C=O) groups excluding carboxylic acids is 2. The number of carbonyl (C=O) groups is 2. The molecule has 0 bridgehead atoms. The van der Waals surface area contributed by atoms with Crippen LogP contribution in [0.3, 0.4) is 0 Å². The van der Waals surface area contributed by atoms with E-state index >= 15 is 0 Å². The lowest BCUT2D eigenvalue weighted by molar-refractivity contribution is -0.151. The van der Waals surface area contributed by atoms with E-state index in [-0.39, 0.29) is 49.2 Å². The van der Waals surface area contributed by atoms with Crippen LogP contribution in [-0.2, 0) is 19.1 Å². The standard InChI is InChI=1S/C21H40O6/c1-5-16(10-12-18(22)7-3)20(24)26-14-9-15-27-21(25)17(6-2)11-13-19(23)8-4/h16-19,22-23H,5-15H2,1-4H3. The number of rotatable bonds is 16. The Bertz CT molecular complexity index is 362. The Morgan fingerprint density at radius 2 is 1.04 bits per heavy atom. The molecule has 4 unspecified atom stereocenters. The zero-order valence-corrected chi connectivity index (χ0v) is 17.6. The van der Waals surface area contributed by atoms with Crippen LogP contribution in [0, 0.1) is 11.8 Å². The molecule has 0 fully saturated rings. The van der Waals surface area contributed by atoms with Crippen molar-refractivity contribution in [3.8, 4) is 0 Å². The first-order valence-corrected chi connectivity index (χ1v) is 10.6. The lowest BCUT2D eigenvalue weighted by Gasteiger charge is -2.17. The molecule has 6 heteroatoms. The lowest BCUT2D eigenvalue weighted by Crippen LogP contribution is -2.22. The van der Waals surface area contributed by atoms with Crippen molar-refractivity contribution in [3.05, 3.63) is 0 Å². The van der Waals surface area contributed by atoms with Crippen LogP contribution in [0.4, 0.5) is 0 Å². The molecule has 0 aromatic heterocycles. The van der Waals surface area contributed by atoms with Gasteiger partial charge in [0.25, 0.3) is 0 Å². The molecule has 0 aromatic rings. The summed E-state index contributed by atoms with van der Waals surface area (Å²) in [4.78, 5) is 24.1. The Morgan fingerprint density at radius 1 is 0.667 bits per heavy atom. The number of hydrogen-bond acceptors (Lipinski definition) is 6. The van der Waals surface area contributed by atoms with Crippen LogP contribution in [-0.4, -0.2) is 47.6 Å². The molecule has 0 rings (SSSR count). The summed E-state index contributed by atoms with van der Waals surface area (Å²) in [5, 5.41) is 19.2. The van der Waals surface area contributed by atoms with Gasteiger partial charge in [0.15, 0.2) is 0 Å². The SMILES string of the molecule is CCC(O)CCC(CC)C(=O)OCCCOC(=O)C(CC)CCC(O)CC. The molecular weight excluding hydrogens is 348 g/mol. The van der Waals surface area contributed by atoms with Crippen LogP contribution in [0.1, 0.15) is 85.5 Å². The quantitative estimate of drug-likeness (QED) is 0.310. The second-order valence-electron chi connectivity index (χ2n) is 7.18. The van der Waals surface area contributed by atoms with Crippen LogP contribution in [0.5, 0.6) is 0 Å². The third-order valence-electron chi connectivity index (χ3n) is 5.07. The fourth-order valence-corrected chi connectivity index (χ4v) is 2.81. The summed E-state index contributed by atoms with van der Waals surface area (Å²) in [6.45, 7) is 8.16. The fraction of sp³-hybridized carbons (Fsp3) is 0.905. The largest absolute Gasteiger partial charge is 0.465 e. The van der Waals surface area contributed by atoms with E-state index in [1.54, 1.807) is 0 Å². The van der Waals surface area contributed by atoms with E-state index in [1.165, 1.54) is 0 Å². The Labute approximate surface area is 164 Å². The summed E-state index contributed by atoms with van der Waals surface area (Å²) in [7, 11) is 0. The molecule has 0 aliphatic heterocycles. The third-order valence-corrected chi connectivity index (χ3v) is 5.07. The highest BCUT2D eigenvalue weighted by molar-refractivity contribution is 5.72. The zero-order valence-electron chi connectivity index (χ0n) is 17.6. The second kappa shape index (κ2) is 15.9. The van der Waals surface area contributed by atoms with Crippen molar-refractivity contribution in [2.24, 2.45) is 11.8 Å². The van der Waals surface area contributed by atoms with E-state index in [0.717, 1.165) is 0 Å². The maximum Gasteiger partial charge on any atom is 0.308 e. The van der Waals surface area contributed by atoms with Crippen molar-refractivity contribution < 1.29 is 29.3 Å². The van der Waals surface area contributed by atoms with Crippen molar-refractivity contribution in [1.29, 1.82) is 0 Å². The maximum absolute atomic E-state index is 12.1. The van der Waals surface area contributed by atoms with Crippen LogP contribution in [0.15, 0.2) is 0 Å². The fourth-order valence-electron chi connectivity index (χ4n) is 2.81. The minimum Gasteiger partial charge on any atom is -0.465 e. The van der Waals surface area contributed by atoms with Gasteiger partial charge >= 0.3 is 11.9 Å². The van der Waals surface area contributed by atoms with Gasteiger partial charge < -0.3 is 19.7 Å². The van der Waals surface area contributed by atoms with Gasteiger partial charge in [-0.25, -0.2) is 0 Å². The monoisotopic (exact) mass is 388 g/mol. The van der Waals surface area contributed by atoms with Crippen LogP contribution in [0.25, 0.3) is 0 Å². The van der Waals surface area contributed by atoms with Gasteiger partial charge in [0.1, 0.15) is 0 Å². The molecule has 0 aliphatic carbocycles. The molecule has 4 atom stereocenters. The smallest absolute Gasteiger partial charge is 0.308 e. The number of ether oxygens (including phenoxy) is 2. The van der Waals surface area contributed by atoms with Gasteiger partial charge in [0.05, 0.1) is 37.3 Å². The van der Waals surface area contributed by atoms with E-state index < -0.39 is 0 Å². The molecule has 0 spiro atoms. The molecule has 27 heavy (non-hydrogen) atoms. The predicted molar refractivity (Wildman–Crippen MR) is 105 cm³/mol. The third kappa shape index (κ3) is 12.0. The van der Waals surface area contributed by atoms with Gasteiger partial charge in [-0.1, -0.05) is 27.7 Å². The number of esters is 2. The number of aliphatic hydroxyl groups is 2. The number of hydrogen-bond donors (Lipinski definition) is 2. The Kier molecular flexibility index (Phi) is 15.2. The molecular formula is C21H40O6. The van der Waals surface area contributed by atoms with Crippen molar-refractivity contribution in [2.45, 2.75) is 97.7 Å². The summed E-state index contributed by atoms with van der Waals surface area (Å²) in [6, 6.07) is 0. The zero-order chi connectivity index (χ0) is 20.7. The molecule has 6 nitrogen and oxygen atoms in total. The van der Waals surface area contributed by atoms with E-state index in [2.05, 4.69) is 0 Å². The molecule has 0 saturated carbocycles. The lowest BCUT2D eigenvalue weighted by atomic mass is 9.98. The molecule has 2 N–H and O–H groups in total. The maximum atomic E-state index is 12.1. The van der Waals surface area contributed by atoms with Gasteiger partial charge in [0, 0.05) is 6.42 Å². The normalized spacial score (nSPS) is 15.6. The Morgan fingerprint density at radius 3 is 1.33 bits per heavy atom. The highest BCUT2D eigenvalue weighted by Crippen LogP contribution is 2.17. The summed E-state index contributed by atoms with van der Waals surface area (Å²) in [6.07, 6.45) is 4.95. The topological polar surface area (TPSA) is 93.1 Å². The summed E-state index contributed by atoms with van der Waals surface area (Å²) in [5.74, 6) is -0.870. The van der Waals surface area contributed by atoms with Crippen molar-refractivity contribution in [3.63, 3.8) is 0 Å². The Hall–Kier alpha value is -1.14.